The van der Waals surface area contributed by atoms with Crippen molar-refractivity contribution in [2.45, 2.75) is 25.2 Å². The minimum atomic E-state index is -4.78. The minimum Gasteiger partial charge on any atom is -0.494 e. The molecule has 0 spiro atoms. The van der Waals surface area contributed by atoms with Crippen molar-refractivity contribution in [3.05, 3.63) is 59.3 Å². The Hall–Kier alpha value is -4.06. The van der Waals surface area contributed by atoms with Crippen LogP contribution >= 0.6 is 0 Å². The number of carbonyl (C=O) groups excluding carboxylic acids is 1. The van der Waals surface area contributed by atoms with Crippen molar-refractivity contribution in [3.63, 3.8) is 0 Å². The molecule has 0 bridgehead atoms. The molecule has 1 N–H and O–H groups in total. The highest BCUT2D eigenvalue weighted by Gasteiger charge is 2.37. The molecule has 2 aromatic carbocycles. The fraction of sp³-hybridized carbons (Fsp3) is 0.320. The van der Waals surface area contributed by atoms with E-state index in [-0.39, 0.29) is 29.3 Å². The van der Waals surface area contributed by atoms with Crippen molar-refractivity contribution in [2.24, 2.45) is 0 Å². The lowest BCUT2D eigenvalue weighted by Crippen LogP contribution is -2.18. The van der Waals surface area contributed by atoms with E-state index in [0.717, 1.165) is 6.42 Å². The largest absolute Gasteiger partial charge is 0.494 e. The number of alkyl halides is 3. The van der Waals surface area contributed by atoms with Gasteiger partial charge in [0.15, 0.2) is 0 Å². The Labute approximate surface area is 210 Å². The zero-order valence-corrected chi connectivity index (χ0v) is 20.0. The molecule has 5 rings (SSSR count). The SMILES string of the molecule is COc1cc(OC2CCOC2)ccc1Nc1ncc(C(F)(F)F)c(Oc2cccc3c2C(=O)N(C)C3)n1. The lowest BCUT2D eigenvalue weighted by atomic mass is 10.1. The molecule has 2 aliphatic heterocycles. The number of nitrogens with zero attached hydrogens (tertiary/aromatic N) is 3. The first-order valence-electron chi connectivity index (χ1n) is 11.4. The third-order valence-electron chi connectivity index (χ3n) is 5.96. The maximum atomic E-state index is 13.8. The van der Waals surface area contributed by atoms with Gasteiger partial charge in [0.2, 0.25) is 11.8 Å². The molecule has 194 valence electrons. The number of benzene rings is 2. The van der Waals surface area contributed by atoms with Crippen LogP contribution in [-0.2, 0) is 17.5 Å². The monoisotopic (exact) mass is 516 g/mol. The lowest BCUT2D eigenvalue weighted by molar-refractivity contribution is -0.139. The number of fused-ring (bicyclic) bond motifs is 1. The van der Waals surface area contributed by atoms with Gasteiger partial charge in [0.1, 0.15) is 28.9 Å². The molecular weight excluding hydrogens is 493 g/mol. The van der Waals surface area contributed by atoms with Crippen LogP contribution in [-0.4, -0.2) is 54.3 Å². The standard InChI is InChI=1S/C25H23F3N4O5/c1-32-12-14-4-3-5-19(21(14)23(32)33)37-22-17(25(26,27)28)11-29-24(31-22)30-18-7-6-15(10-20(18)34-2)36-16-8-9-35-13-16/h3-7,10-11,16H,8-9,12-13H2,1-2H3,(H,29,30,31). The van der Waals surface area contributed by atoms with E-state index in [4.69, 9.17) is 18.9 Å². The highest BCUT2D eigenvalue weighted by Crippen LogP contribution is 2.40. The molecule has 1 amide bonds. The second-order valence-electron chi connectivity index (χ2n) is 8.55. The van der Waals surface area contributed by atoms with Crippen molar-refractivity contribution in [1.82, 2.24) is 14.9 Å². The van der Waals surface area contributed by atoms with Gasteiger partial charge in [0.05, 0.1) is 31.6 Å². The van der Waals surface area contributed by atoms with E-state index in [1.165, 1.54) is 18.1 Å². The van der Waals surface area contributed by atoms with Crippen LogP contribution in [0.4, 0.5) is 24.8 Å². The van der Waals surface area contributed by atoms with Gasteiger partial charge in [-0.2, -0.15) is 18.2 Å². The summed E-state index contributed by atoms with van der Waals surface area (Å²) in [5.74, 6) is -0.324. The Bertz CT molecular complexity index is 1330. The molecule has 1 saturated heterocycles. The number of aromatic nitrogens is 2. The Morgan fingerprint density at radius 2 is 2.03 bits per heavy atom. The first kappa shape index (κ1) is 24.6. The molecule has 9 nitrogen and oxygen atoms in total. The van der Waals surface area contributed by atoms with Gasteiger partial charge in [-0.3, -0.25) is 4.79 Å². The molecule has 2 aliphatic rings. The molecule has 0 aliphatic carbocycles. The molecule has 0 radical (unpaired) electrons. The number of halogens is 3. The van der Waals surface area contributed by atoms with Gasteiger partial charge in [-0.15, -0.1) is 0 Å². The summed E-state index contributed by atoms with van der Waals surface area (Å²) in [5, 5.41) is 2.87. The first-order chi connectivity index (χ1) is 17.7. The van der Waals surface area contributed by atoms with Crippen LogP contribution in [0.15, 0.2) is 42.6 Å². The molecule has 1 fully saturated rings. The molecule has 0 saturated carbocycles. The van der Waals surface area contributed by atoms with Crippen LogP contribution in [0, 0.1) is 0 Å². The van der Waals surface area contributed by atoms with E-state index in [1.54, 1.807) is 37.4 Å². The molecule has 1 atom stereocenters. The van der Waals surface area contributed by atoms with E-state index in [2.05, 4.69) is 15.3 Å². The minimum absolute atomic E-state index is 0.0167. The fourth-order valence-corrected chi connectivity index (χ4v) is 4.12. The third-order valence-corrected chi connectivity index (χ3v) is 5.96. The zero-order valence-electron chi connectivity index (χ0n) is 20.0. The predicted octanol–water partition coefficient (Wildman–Crippen LogP) is 4.79. The van der Waals surface area contributed by atoms with Crippen LogP contribution in [0.25, 0.3) is 0 Å². The highest BCUT2D eigenvalue weighted by atomic mass is 19.4. The number of hydrogen-bond donors (Lipinski definition) is 1. The van der Waals surface area contributed by atoms with Gasteiger partial charge in [0.25, 0.3) is 5.91 Å². The summed E-state index contributed by atoms with van der Waals surface area (Å²) in [5.41, 5.74) is 0.0860. The molecule has 3 aromatic rings. The maximum Gasteiger partial charge on any atom is 0.423 e. The van der Waals surface area contributed by atoms with Crippen molar-refractivity contribution in [3.8, 4) is 23.1 Å². The Morgan fingerprint density at radius 1 is 1.19 bits per heavy atom. The molecule has 1 aromatic heterocycles. The zero-order chi connectivity index (χ0) is 26.2. The van der Waals surface area contributed by atoms with Crippen LogP contribution in [0.1, 0.15) is 27.9 Å². The van der Waals surface area contributed by atoms with Crippen LogP contribution in [0.5, 0.6) is 23.1 Å². The van der Waals surface area contributed by atoms with Gasteiger partial charge in [-0.1, -0.05) is 12.1 Å². The summed E-state index contributed by atoms with van der Waals surface area (Å²) in [6, 6.07) is 9.76. The van der Waals surface area contributed by atoms with Crippen molar-refractivity contribution in [2.75, 3.05) is 32.7 Å². The number of anilines is 2. The summed E-state index contributed by atoms with van der Waals surface area (Å²) in [6.07, 6.45) is -3.44. The van der Waals surface area contributed by atoms with Gasteiger partial charge in [-0.25, -0.2) is 4.98 Å². The topological polar surface area (TPSA) is 95.0 Å². The number of hydrogen-bond acceptors (Lipinski definition) is 8. The number of carbonyl (C=O) groups is 1. The van der Waals surface area contributed by atoms with E-state index in [1.807, 2.05) is 0 Å². The summed E-state index contributed by atoms with van der Waals surface area (Å²) in [6.45, 7) is 1.46. The van der Waals surface area contributed by atoms with Crippen LogP contribution in [0.3, 0.4) is 0 Å². The van der Waals surface area contributed by atoms with Crippen molar-refractivity contribution >= 4 is 17.5 Å². The average Bonchev–Trinajstić information content (AvgIpc) is 3.47. The fourth-order valence-electron chi connectivity index (χ4n) is 4.12. The van der Waals surface area contributed by atoms with E-state index >= 15 is 0 Å². The normalized spacial score (nSPS) is 17.1. The number of nitrogens with one attached hydrogen (secondary N) is 1. The summed E-state index contributed by atoms with van der Waals surface area (Å²) in [4.78, 5) is 21.8. The highest BCUT2D eigenvalue weighted by molar-refractivity contribution is 6.00. The molecule has 3 heterocycles. The molecule has 1 unspecified atom stereocenters. The quantitative estimate of drug-likeness (QED) is 0.479. The van der Waals surface area contributed by atoms with Gasteiger partial charge < -0.3 is 29.2 Å². The number of rotatable bonds is 7. The second kappa shape index (κ2) is 9.77. The average molecular weight is 516 g/mol. The lowest BCUT2D eigenvalue weighted by Gasteiger charge is -2.17. The smallest absolute Gasteiger partial charge is 0.423 e. The Kier molecular flexibility index (Phi) is 6.50. The predicted molar refractivity (Wildman–Crippen MR) is 125 cm³/mol. The summed E-state index contributed by atoms with van der Waals surface area (Å²) >= 11 is 0. The molecular formula is C25H23F3N4O5. The number of amides is 1. The van der Waals surface area contributed by atoms with Crippen molar-refractivity contribution < 1.29 is 36.9 Å². The van der Waals surface area contributed by atoms with E-state index in [9.17, 15) is 18.0 Å². The van der Waals surface area contributed by atoms with Gasteiger partial charge >= 0.3 is 6.18 Å². The summed E-state index contributed by atoms with van der Waals surface area (Å²) < 4.78 is 63.5. The number of ether oxygens (including phenoxy) is 4. The second-order valence-corrected chi connectivity index (χ2v) is 8.55. The molecule has 37 heavy (non-hydrogen) atoms. The van der Waals surface area contributed by atoms with Gasteiger partial charge in [-0.05, 0) is 23.8 Å². The molecule has 12 heteroatoms. The Balaban J connectivity index is 1.44. The van der Waals surface area contributed by atoms with E-state index in [0.29, 0.717) is 48.7 Å². The van der Waals surface area contributed by atoms with Crippen LogP contribution < -0.4 is 19.5 Å². The first-order valence-corrected chi connectivity index (χ1v) is 11.4. The number of methoxy groups -OCH3 is 1. The van der Waals surface area contributed by atoms with Gasteiger partial charge in [0, 0.05) is 32.3 Å². The van der Waals surface area contributed by atoms with Crippen LogP contribution in [0.2, 0.25) is 0 Å². The van der Waals surface area contributed by atoms with Crippen molar-refractivity contribution in [1.29, 1.82) is 0 Å². The van der Waals surface area contributed by atoms with E-state index < -0.39 is 17.6 Å². The third kappa shape index (κ3) is 5.10. The maximum absolute atomic E-state index is 13.8. The Morgan fingerprint density at radius 3 is 2.76 bits per heavy atom. The summed E-state index contributed by atoms with van der Waals surface area (Å²) in [7, 11) is 3.06.